The highest BCUT2D eigenvalue weighted by Gasteiger charge is 2.23. The number of pyridine rings is 1. The van der Waals surface area contributed by atoms with Gasteiger partial charge in [-0.2, -0.15) is 0 Å². The maximum Gasteiger partial charge on any atom is 0.255 e. The molecule has 9 aromatic carbocycles. The quantitative estimate of drug-likeness (QED) is 0.0468. The average molecular weight is 1510 g/mol. The normalized spacial score (nSPS) is 13.2. The van der Waals surface area contributed by atoms with Crippen molar-refractivity contribution in [1.82, 2.24) is 50.0 Å². The number of likely N-dealkylation sites (tertiary alicyclic amines) is 2. The molecule has 0 atom stereocenters. The van der Waals surface area contributed by atoms with E-state index in [9.17, 15) is 19.2 Å². The summed E-state index contributed by atoms with van der Waals surface area (Å²) in [5.41, 5.74) is 18.9. The molecule has 19 heteroatoms. The molecule has 19 nitrogen and oxygen atoms in total. The van der Waals surface area contributed by atoms with Crippen molar-refractivity contribution in [2.24, 2.45) is 0 Å². The van der Waals surface area contributed by atoms with E-state index >= 15 is 0 Å². The van der Waals surface area contributed by atoms with Gasteiger partial charge in [0.1, 0.15) is 5.82 Å². The third kappa shape index (κ3) is 21.9. The van der Waals surface area contributed by atoms with Gasteiger partial charge in [0.2, 0.25) is 17.8 Å². The van der Waals surface area contributed by atoms with Gasteiger partial charge in [0.25, 0.3) is 23.6 Å². The van der Waals surface area contributed by atoms with Crippen molar-refractivity contribution in [1.29, 1.82) is 0 Å². The molecule has 0 bridgehead atoms. The van der Waals surface area contributed by atoms with Crippen molar-refractivity contribution in [2.45, 2.75) is 104 Å². The Hall–Kier alpha value is -13.6. The number of hydrogen-bond donors (Lipinski definition) is 6. The van der Waals surface area contributed by atoms with Gasteiger partial charge in [0.05, 0.1) is 17.1 Å². The van der Waals surface area contributed by atoms with Crippen LogP contribution in [-0.2, 0) is 0 Å². The summed E-state index contributed by atoms with van der Waals surface area (Å²) in [5, 5.41) is 19.1. The summed E-state index contributed by atoms with van der Waals surface area (Å²) in [5.74, 6) is 2.56. The maximum atomic E-state index is 13.0. The SMILES string of the molecule is Cc1ccc(-c2ccnc(Nc3ccccc3)c2)cc1C(=O)N1CCCCC1.Cc1cnc(Nc2ccccc2)nc1-c1ccc(C(=O)N2CCCCC2)cc1.Cc1cnc(Nc2ccccc2)nc1-c1ccc(C(=O)NC2CCCCC2)cc1.Cc1cnc(Nc2ccccc2)nc1-c1ccc(C(=O)Nc2ccccc2)cc1. The van der Waals surface area contributed by atoms with E-state index in [1.165, 1.54) is 32.1 Å². The highest BCUT2D eigenvalue weighted by molar-refractivity contribution is 6.04. The van der Waals surface area contributed by atoms with Crippen molar-refractivity contribution < 1.29 is 19.2 Å². The Bertz CT molecular complexity index is 5320. The predicted molar refractivity (Wildman–Crippen MR) is 458 cm³/mol. The van der Waals surface area contributed by atoms with Crippen LogP contribution >= 0.6 is 0 Å². The number of hydrogen-bond acceptors (Lipinski definition) is 15. The van der Waals surface area contributed by atoms with Crippen LogP contribution in [0.4, 0.5) is 52.1 Å². The van der Waals surface area contributed by atoms with E-state index in [0.717, 1.165) is 177 Å². The molecule has 3 aliphatic rings. The summed E-state index contributed by atoms with van der Waals surface area (Å²) in [7, 11) is 0. The lowest BCUT2D eigenvalue weighted by Gasteiger charge is -2.27. The fourth-order valence-electron chi connectivity index (χ4n) is 13.8. The third-order valence-corrected chi connectivity index (χ3v) is 20.1. The van der Waals surface area contributed by atoms with Crippen LogP contribution in [0.25, 0.3) is 44.9 Å². The van der Waals surface area contributed by atoms with Gasteiger partial charge in [0.15, 0.2) is 0 Å². The number of rotatable bonds is 18. The molecular formula is C95H95N15O4. The van der Waals surface area contributed by atoms with Crippen LogP contribution in [0, 0.1) is 27.7 Å². The van der Waals surface area contributed by atoms with Crippen molar-refractivity contribution in [3.05, 3.63) is 324 Å². The Morgan fingerprint density at radius 3 is 1.11 bits per heavy atom. The van der Waals surface area contributed by atoms with E-state index in [4.69, 9.17) is 0 Å². The molecule has 0 radical (unpaired) electrons. The number of anilines is 9. The van der Waals surface area contributed by atoms with Gasteiger partial charge in [-0.05, 0) is 228 Å². The second-order valence-electron chi connectivity index (χ2n) is 28.7. The van der Waals surface area contributed by atoms with E-state index in [1.807, 2.05) is 286 Å². The van der Waals surface area contributed by atoms with E-state index in [-0.39, 0.29) is 23.6 Å². The first-order valence-corrected chi connectivity index (χ1v) is 39.2. The van der Waals surface area contributed by atoms with Crippen molar-refractivity contribution >= 4 is 75.7 Å². The fraction of sp³-hybridized carbons (Fsp3) is 0.211. The fourth-order valence-corrected chi connectivity index (χ4v) is 13.8. The minimum Gasteiger partial charge on any atom is -0.349 e. The number of aryl methyl sites for hydroxylation is 4. The Balaban J connectivity index is 0.000000133. The van der Waals surface area contributed by atoms with Crippen LogP contribution in [0.1, 0.15) is 134 Å². The summed E-state index contributed by atoms with van der Waals surface area (Å²) in [6.07, 6.45) is 19.9. The molecule has 2 aliphatic heterocycles. The van der Waals surface area contributed by atoms with Gasteiger partial charge in [-0.15, -0.1) is 0 Å². The lowest BCUT2D eigenvalue weighted by atomic mass is 9.95. The monoisotopic (exact) mass is 1510 g/mol. The Morgan fingerprint density at radius 2 is 0.684 bits per heavy atom. The number of carbonyl (C=O) groups excluding carboxylic acids is 4. The molecule has 2 saturated heterocycles. The smallest absolute Gasteiger partial charge is 0.255 e. The number of para-hydroxylation sites is 5. The molecule has 574 valence electrons. The highest BCUT2D eigenvalue weighted by atomic mass is 16.2. The molecular weight excluding hydrogens is 1420 g/mol. The molecule has 6 heterocycles. The molecule has 4 aromatic heterocycles. The van der Waals surface area contributed by atoms with Crippen LogP contribution in [0.15, 0.2) is 280 Å². The number of amides is 4. The van der Waals surface area contributed by atoms with Gasteiger partial charge in [-0.3, -0.25) is 19.2 Å². The second-order valence-corrected chi connectivity index (χ2v) is 28.7. The molecule has 1 saturated carbocycles. The molecule has 3 fully saturated rings. The predicted octanol–water partition coefficient (Wildman–Crippen LogP) is 21.0. The highest BCUT2D eigenvalue weighted by Crippen LogP contribution is 2.31. The van der Waals surface area contributed by atoms with Gasteiger partial charge < -0.3 is 41.7 Å². The number of nitrogens with zero attached hydrogens (tertiary/aromatic N) is 9. The van der Waals surface area contributed by atoms with Crippen LogP contribution in [0.3, 0.4) is 0 Å². The summed E-state index contributed by atoms with van der Waals surface area (Å²) >= 11 is 0. The van der Waals surface area contributed by atoms with Gasteiger partial charge in [0, 0.05) is 124 Å². The van der Waals surface area contributed by atoms with Crippen molar-refractivity contribution in [3.63, 3.8) is 0 Å². The van der Waals surface area contributed by atoms with Crippen LogP contribution < -0.4 is 31.9 Å². The molecule has 16 rings (SSSR count). The Labute approximate surface area is 667 Å². The standard InChI is InChI=1S/C24H26N4O.C24H20N4O.C24H25N3O.C23H24N4O/c2*1-17-16-25-24(27-21-10-6-3-7-11-21)28-22(17)18-12-14-19(15-13-18)23(29)26-20-8-4-2-5-9-20;1-18-10-11-19(16-22(18)24(28)27-14-6-3-7-15-27)20-12-13-25-23(17-20)26-21-8-4-2-5-9-21;1-17-16-24-23(25-20-8-4-2-5-9-20)26-21(17)18-10-12-19(13-11-18)22(28)27-14-6-3-7-15-27/h3,6-7,10-16,20H,2,4-5,8-9H2,1H3,(H,26,29)(H,25,27,28);2-16H,1H3,(H,26,29)(H,25,27,28);2,4-5,8-13,16-17H,3,6-7,14-15H2,1H3,(H,25,26);2,4-5,8-13,16H,3,6-7,14-15H2,1H3,(H,24,25,26). The van der Waals surface area contributed by atoms with Crippen LogP contribution in [0.2, 0.25) is 0 Å². The van der Waals surface area contributed by atoms with E-state index in [1.54, 1.807) is 24.5 Å². The largest absolute Gasteiger partial charge is 0.349 e. The van der Waals surface area contributed by atoms with Crippen LogP contribution in [0.5, 0.6) is 0 Å². The molecule has 114 heavy (non-hydrogen) atoms. The first kappa shape index (κ1) is 78.6. The molecule has 1 aliphatic carbocycles. The van der Waals surface area contributed by atoms with E-state index in [2.05, 4.69) is 72.9 Å². The van der Waals surface area contributed by atoms with Gasteiger partial charge in [-0.25, -0.2) is 34.9 Å². The second kappa shape index (κ2) is 39.4. The lowest BCUT2D eigenvalue weighted by Crippen LogP contribution is -2.36. The summed E-state index contributed by atoms with van der Waals surface area (Å²) in [6, 6.07) is 82.2. The molecule has 4 amide bonds. The van der Waals surface area contributed by atoms with E-state index < -0.39 is 0 Å². The maximum absolute atomic E-state index is 13.0. The number of aromatic nitrogens is 7. The number of piperidine rings is 2. The van der Waals surface area contributed by atoms with Gasteiger partial charge >= 0.3 is 0 Å². The minimum atomic E-state index is -0.145. The lowest BCUT2D eigenvalue weighted by molar-refractivity contribution is 0.0716. The summed E-state index contributed by atoms with van der Waals surface area (Å²) in [4.78, 5) is 86.2. The zero-order valence-electron chi connectivity index (χ0n) is 64.9. The molecule has 0 unspecified atom stereocenters. The molecule has 13 aromatic rings. The van der Waals surface area contributed by atoms with E-state index in [0.29, 0.717) is 35.0 Å². The molecule has 0 spiro atoms. The first-order chi connectivity index (χ1) is 55.8. The zero-order chi connectivity index (χ0) is 78.8. The molecule has 6 N–H and O–H groups in total. The van der Waals surface area contributed by atoms with Crippen molar-refractivity contribution in [2.75, 3.05) is 52.8 Å². The van der Waals surface area contributed by atoms with Crippen LogP contribution in [-0.4, -0.2) is 101 Å². The minimum absolute atomic E-state index is 0.00860. The first-order valence-electron chi connectivity index (χ1n) is 39.2. The average Bonchev–Trinajstić information content (AvgIpc) is 0.795. The van der Waals surface area contributed by atoms with Crippen molar-refractivity contribution in [3.8, 4) is 44.9 Å². The Morgan fingerprint density at radius 1 is 0.325 bits per heavy atom. The summed E-state index contributed by atoms with van der Waals surface area (Å²) < 4.78 is 0. The number of nitrogens with one attached hydrogen (secondary N) is 6. The van der Waals surface area contributed by atoms with Gasteiger partial charge in [-0.1, -0.05) is 159 Å². The number of carbonyl (C=O) groups is 4. The third-order valence-electron chi connectivity index (χ3n) is 20.1. The topological polar surface area (TPSA) is 237 Å². The Kier molecular flexibility index (Phi) is 27.1. The zero-order valence-corrected chi connectivity index (χ0v) is 64.9. The number of benzene rings is 9. The summed E-state index contributed by atoms with van der Waals surface area (Å²) in [6.45, 7) is 11.4.